The fraction of sp³-hybridized carbons (Fsp3) is 0.158. The smallest absolute Gasteiger partial charge is 0.328 e. The zero-order valence-electron chi connectivity index (χ0n) is 14.1. The Hall–Kier alpha value is -3.48. The number of aliphatic carboxylic acids is 2. The normalized spacial score (nSPS) is 15.3. The molecule has 0 aliphatic carbocycles. The fourth-order valence-corrected chi connectivity index (χ4v) is 2.74. The average Bonchev–Trinajstić information content (AvgIpc) is 2.93. The van der Waals surface area contributed by atoms with Crippen LogP contribution >= 0.6 is 0 Å². The Bertz CT molecular complexity index is 817. The highest BCUT2D eigenvalue weighted by Gasteiger charge is 2.35. The molecule has 0 spiro atoms. The number of aromatic nitrogens is 1. The largest absolute Gasteiger partial charge is 0.478 e. The fourth-order valence-electron chi connectivity index (χ4n) is 2.74. The van der Waals surface area contributed by atoms with Gasteiger partial charge in [-0.2, -0.15) is 0 Å². The van der Waals surface area contributed by atoms with Crippen molar-refractivity contribution in [3.05, 3.63) is 72.1 Å². The van der Waals surface area contributed by atoms with E-state index in [-0.39, 0.29) is 11.9 Å². The summed E-state index contributed by atoms with van der Waals surface area (Å²) in [5.74, 6) is -2.43. The molecule has 2 aromatic rings. The number of hydrogen-bond donors (Lipinski definition) is 2. The van der Waals surface area contributed by atoms with E-state index in [1.54, 1.807) is 12.4 Å². The van der Waals surface area contributed by atoms with E-state index in [0.717, 1.165) is 23.2 Å². The molecule has 3 rings (SSSR count). The van der Waals surface area contributed by atoms with Gasteiger partial charge in [-0.3, -0.25) is 9.78 Å². The van der Waals surface area contributed by atoms with Gasteiger partial charge in [-0.25, -0.2) is 9.59 Å². The number of carboxylic acids is 2. The van der Waals surface area contributed by atoms with Crippen molar-refractivity contribution in [2.45, 2.75) is 19.4 Å². The van der Waals surface area contributed by atoms with Crippen molar-refractivity contribution in [2.75, 3.05) is 4.90 Å². The first-order chi connectivity index (χ1) is 12.5. The van der Waals surface area contributed by atoms with Gasteiger partial charge in [-0.15, -0.1) is 0 Å². The van der Waals surface area contributed by atoms with Crippen molar-refractivity contribution in [1.82, 2.24) is 4.98 Å². The number of carboxylic acid groups (broad SMARTS) is 2. The quantitative estimate of drug-likeness (QED) is 0.818. The van der Waals surface area contributed by atoms with Gasteiger partial charge in [-0.05, 0) is 30.2 Å². The molecule has 1 aromatic heterocycles. The molecular weight excluding hydrogens is 336 g/mol. The first-order valence-electron chi connectivity index (χ1n) is 7.92. The zero-order valence-corrected chi connectivity index (χ0v) is 14.1. The van der Waals surface area contributed by atoms with Crippen LogP contribution in [0.2, 0.25) is 0 Å². The minimum absolute atomic E-state index is 0.0867. The standard InChI is InChI=1S/C15H14N2O.C4H4O4/c1-2-14-12-5-3-4-6-13(12)15(18)17(14)11-7-9-16-10-8-11;5-3(6)1-2-4(7)8/h3-10,14H,2H2,1H3;1-2H,(H,5,6)(H,7,8)/b;2-1-. The first-order valence-corrected chi connectivity index (χ1v) is 7.92. The third-order valence-corrected chi connectivity index (χ3v) is 3.78. The highest BCUT2D eigenvalue weighted by atomic mass is 16.4. The molecule has 7 nitrogen and oxygen atoms in total. The Morgan fingerprint density at radius 3 is 2.19 bits per heavy atom. The monoisotopic (exact) mass is 354 g/mol. The van der Waals surface area contributed by atoms with Crippen LogP contribution in [0.15, 0.2) is 60.9 Å². The van der Waals surface area contributed by atoms with E-state index in [1.165, 1.54) is 0 Å². The number of hydrogen-bond acceptors (Lipinski definition) is 4. The van der Waals surface area contributed by atoms with Gasteiger partial charge in [0.25, 0.3) is 5.91 Å². The van der Waals surface area contributed by atoms with E-state index in [9.17, 15) is 14.4 Å². The van der Waals surface area contributed by atoms with Crippen LogP contribution in [-0.2, 0) is 9.59 Å². The van der Waals surface area contributed by atoms with Gasteiger partial charge >= 0.3 is 11.9 Å². The second-order valence-corrected chi connectivity index (χ2v) is 5.40. The van der Waals surface area contributed by atoms with Crippen LogP contribution < -0.4 is 4.90 Å². The van der Waals surface area contributed by atoms with Crippen molar-refractivity contribution in [3.8, 4) is 0 Å². The minimum Gasteiger partial charge on any atom is -0.478 e. The second-order valence-electron chi connectivity index (χ2n) is 5.40. The van der Waals surface area contributed by atoms with E-state index < -0.39 is 11.9 Å². The van der Waals surface area contributed by atoms with E-state index in [2.05, 4.69) is 11.9 Å². The molecule has 0 fully saturated rings. The number of nitrogens with zero attached hydrogens (tertiary/aromatic N) is 2. The molecule has 0 radical (unpaired) electrons. The van der Waals surface area contributed by atoms with Crippen molar-refractivity contribution >= 4 is 23.5 Å². The lowest BCUT2D eigenvalue weighted by atomic mass is 10.0. The maximum absolute atomic E-state index is 12.5. The van der Waals surface area contributed by atoms with Gasteiger partial charge in [0.2, 0.25) is 0 Å². The molecule has 1 aromatic carbocycles. The van der Waals surface area contributed by atoms with E-state index in [4.69, 9.17) is 10.2 Å². The molecule has 1 unspecified atom stereocenters. The molecule has 0 bridgehead atoms. The van der Waals surface area contributed by atoms with Crippen molar-refractivity contribution in [2.24, 2.45) is 0 Å². The van der Waals surface area contributed by atoms with Crippen molar-refractivity contribution in [3.63, 3.8) is 0 Å². The molecule has 134 valence electrons. The third-order valence-electron chi connectivity index (χ3n) is 3.78. The summed E-state index contributed by atoms with van der Waals surface area (Å²) in [7, 11) is 0. The molecule has 0 saturated carbocycles. The van der Waals surface area contributed by atoms with Crippen molar-refractivity contribution in [1.29, 1.82) is 0 Å². The first kappa shape index (κ1) is 18.9. The Labute approximate surface area is 150 Å². The number of rotatable bonds is 4. The van der Waals surface area contributed by atoms with Crippen LogP contribution in [0.3, 0.4) is 0 Å². The molecule has 2 N–H and O–H groups in total. The maximum Gasteiger partial charge on any atom is 0.328 e. The number of amides is 1. The summed E-state index contributed by atoms with van der Waals surface area (Å²) >= 11 is 0. The molecule has 7 heteroatoms. The Balaban J connectivity index is 0.000000260. The van der Waals surface area contributed by atoms with Crippen LogP contribution in [0.1, 0.15) is 35.3 Å². The maximum atomic E-state index is 12.5. The van der Waals surface area contributed by atoms with Gasteiger partial charge in [0.15, 0.2) is 0 Å². The number of anilines is 1. The van der Waals surface area contributed by atoms with E-state index >= 15 is 0 Å². The van der Waals surface area contributed by atoms with Gasteiger partial charge in [0.05, 0.1) is 6.04 Å². The van der Waals surface area contributed by atoms with Crippen LogP contribution in [-0.4, -0.2) is 33.0 Å². The van der Waals surface area contributed by atoms with Gasteiger partial charge in [0.1, 0.15) is 0 Å². The number of pyridine rings is 1. The predicted molar refractivity (Wildman–Crippen MR) is 94.9 cm³/mol. The summed E-state index contributed by atoms with van der Waals surface area (Å²) in [4.78, 5) is 37.5. The van der Waals surface area contributed by atoms with Crippen molar-refractivity contribution < 1.29 is 24.6 Å². The van der Waals surface area contributed by atoms with Gasteiger partial charge in [0, 0.05) is 35.8 Å². The zero-order chi connectivity index (χ0) is 19.1. The lowest BCUT2D eigenvalue weighted by molar-refractivity contribution is -0.134. The molecule has 1 atom stereocenters. The Kier molecular flexibility index (Phi) is 6.21. The number of fused-ring (bicyclic) bond motifs is 1. The minimum atomic E-state index is -1.26. The summed E-state index contributed by atoms with van der Waals surface area (Å²) in [6.45, 7) is 2.11. The summed E-state index contributed by atoms with van der Waals surface area (Å²) in [6, 6.07) is 11.8. The van der Waals surface area contributed by atoms with Gasteiger partial charge < -0.3 is 15.1 Å². The van der Waals surface area contributed by atoms with Crippen LogP contribution in [0.4, 0.5) is 5.69 Å². The summed E-state index contributed by atoms with van der Waals surface area (Å²) in [5, 5.41) is 15.6. The molecule has 0 saturated heterocycles. The predicted octanol–water partition coefficient (Wildman–Crippen LogP) is 2.90. The summed E-state index contributed by atoms with van der Waals surface area (Å²) < 4.78 is 0. The molecule has 1 aliphatic rings. The Morgan fingerprint density at radius 1 is 1.08 bits per heavy atom. The van der Waals surface area contributed by atoms with Gasteiger partial charge in [-0.1, -0.05) is 25.1 Å². The number of carbonyl (C=O) groups excluding carboxylic acids is 1. The molecular formula is C19H18N2O5. The summed E-state index contributed by atoms with van der Waals surface area (Å²) in [5.41, 5.74) is 2.86. The summed E-state index contributed by atoms with van der Waals surface area (Å²) in [6.07, 6.45) is 5.46. The third kappa shape index (κ3) is 4.32. The average molecular weight is 354 g/mol. The van der Waals surface area contributed by atoms with Crippen LogP contribution in [0.25, 0.3) is 0 Å². The molecule has 1 amide bonds. The molecule has 1 aliphatic heterocycles. The molecule has 26 heavy (non-hydrogen) atoms. The topological polar surface area (TPSA) is 108 Å². The van der Waals surface area contributed by atoms with Crippen LogP contribution in [0, 0.1) is 0 Å². The second kappa shape index (κ2) is 8.57. The lowest BCUT2D eigenvalue weighted by Crippen LogP contribution is -2.27. The number of benzene rings is 1. The Morgan fingerprint density at radius 2 is 1.65 bits per heavy atom. The highest BCUT2D eigenvalue weighted by Crippen LogP contribution is 2.38. The lowest BCUT2D eigenvalue weighted by Gasteiger charge is -2.24. The van der Waals surface area contributed by atoms with E-state index in [0.29, 0.717) is 12.2 Å². The van der Waals surface area contributed by atoms with Crippen LogP contribution in [0.5, 0.6) is 0 Å². The highest BCUT2D eigenvalue weighted by molar-refractivity contribution is 6.11. The SMILES string of the molecule is CCC1c2ccccc2C(=O)N1c1ccncc1.O=C(O)/C=C\C(=O)O. The van der Waals surface area contributed by atoms with E-state index in [1.807, 2.05) is 41.3 Å². The number of carbonyl (C=O) groups is 3. The molecule has 2 heterocycles.